The van der Waals surface area contributed by atoms with Crippen LogP contribution in [0.3, 0.4) is 0 Å². The Balaban J connectivity index is 2.20. The molecule has 0 aliphatic heterocycles. The minimum absolute atomic E-state index is 0.0214. The van der Waals surface area contributed by atoms with E-state index in [2.05, 4.69) is 17.6 Å². The van der Waals surface area contributed by atoms with Gasteiger partial charge in [0.25, 0.3) is 0 Å². The first kappa shape index (κ1) is 13.6. The Labute approximate surface area is 102 Å². The second-order valence-electron chi connectivity index (χ2n) is 4.29. The van der Waals surface area contributed by atoms with Gasteiger partial charge in [-0.3, -0.25) is 0 Å². The standard InChI is InChI=1S/C11H22N2O2S/c1-3-16-10-5-4-9(6-10)13-11(15)12-8(2)7-14/h8-10,14H,3-7H2,1-2H3,(H2,12,13,15). The zero-order valence-corrected chi connectivity index (χ0v) is 10.8. The Bertz CT molecular complexity index is 226. The van der Waals surface area contributed by atoms with Crippen molar-refractivity contribution in [1.29, 1.82) is 0 Å². The molecular formula is C11H22N2O2S. The van der Waals surface area contributed by atoms with Crippen LogP contribution in [0.2, 0.25) is 0 Å². The summed E-state index contributed by atoms with van der Waals surface area (Å²) in [5, 5.41) is 15.2. The van der Waals surface area contributed by atoms with Crippen LogP contribution >= 0.6 is 11.8 Å². The molecule has 1 rings (SSSR count). The lowest BCUT2D eigenvalue weighted by Gasteiger charge is -2.16. The number of rotatable bonds is 5. The molecule has 5 heteroatoms. The lowest BCUT2D eigenvalue weighted by atomic mass is 10.2. The summed E-state index contributed by atoms with van der Waals surface area (Å²) in [7, 11) is 0. The molecule has 1 aliphatic carbocycles. The first-order chi connectivity index (χ1) is 7.65. The fraction of sp³-hybridized carbons (Fsp3) is 0.909. The maximum atomic E-state index is 11.5. The molecule has 0 aromatic heterocycles. The normalized spacial score (nSPS) is 26.4. The number of carbonyl (C=O) groups excluding carboxylic acids is 1. The Morgan fingerprint density at radius 2 is 2.31 bits per heavy atom. The highest BCUT2D eigenvalue weighted by Crippen LogP contribution is 2.29. The zero-order chi connectivity index (χ0) is 12.0. The summed E-state index contributed by atoms with van der Waals surface area (Å²) in [6, 6.07) is -0.0362. The van der Waals surface area contributed by atoms with Gasteiger partial charge in [0.1, 0.15) is 0 Å². The summed E-state index contributed by atoms with van der Waals surface area (Å²) in [5.41, 5.74) is 0. The van der Waals surface area contributed by atoms with Crippen LogP contribution in [0.25, 0.3) is 0 Å². The summed E-state index contributed by atoms with van der Waals surface area (Å²) < 4.78 is 0. The van der Waals surface area contributed by atoms with E-state index in [1.165, 1.54) is 6.42 Å². The number of hydrogen-bond donors (Lipinski definition) is 3. The van der Waals surface area contributed by atoms with Gasteiger partial charge in [0, 0.05) is 11.3 Å². The smallest absolute Gasteiger partial charge is 0.315 e. The molecular weight excluding hydrogens is 224 g/mol. The highest BCUT2D eigenvalue weighted by Gasteiger charge is 2.25. The van der Waals surface area contributed by atoms with Crippen LogP contribution in [-0.4, -0.2) is 40.8 Å². The molecule has 0 aromatic rings. The van der Waals surface area contributed by atoms with Crippen molar-refractivity contribution in [3.8, 4) is 0 Å². The lowest BCUT2D eigenvalue weighted by molar-refractivity contribution is 0.217. The van der Waals surface area contributed by atoms with Crippen molar-refractivity contribution >= 4 is 17.8 Å². The Morgan fingerprint density at radius 1 is 1.56 bits per heavy atom. The topological polar surface area (TPSA) is 61.4 Å². The molecule has 1 saturated carbocycles. The maximum absolute atomic E-state index is 11.5. The summed E-state index contributed by atoms with van der Waals surface area (Å²) in [5.74, 6) is 1.14. The SMILES string of the molecule is CCSC1CCC(NC(=O)NC(C)CO)C1. The highest BCUT2D eigenvalue weighted by atomic mass is 32.2. The van der Waals surface area contributed by atoms with Crippen molar-refractivity contribution in [2.75, 3.05) is 12.4 Å². The number of thioether (sulfide) groups is 1. The molecule has 2 amide bonds. The van der Waals surface area contributed by atoms with Crippen molar-refractivity contribution in [3.05, 3.63) is 0 Å². The molecule has 94 valence electrons. The minimum Gasteiger partial charge on any atom is -0.394 e. The van der Waals surface area contributed by atoms with Crippen LogP contribution in [0.5, 0.6) is 0 Å². The fourth-order valence-electron chi connectivity index (χ4n) is 1.95. The summed E-state index contributed by atoms with van der Waals surface area (Å²) in [6.07, 6.45) is 3.33. The van der Waals surface area contributed by atoms with Crippen LogP contribution < -0.4 is 10.6 Å². The number of aliphatic hydroxyl groups is 1. The molecule has 4 nitrogen and oxygen atoms in total. The van der Waals surface area contributed by atoms with Gasteiger partial charge in [-0.1, -0.05) is 6.92 Å². The van der Waals surface area contributed by atoms with Crippen molar-refractivity contribution in [2.24, 2.45) is 0 Å². The van der Waals surface area contributed by atoms with Gasteiger partial charge in [-0.2, -0.15) is 11.8 Å². The van der Waals surface area contributed by atoms with Gasteiger partial charge in [0.05, 0.1) is 12.6 Å². The predicted molar refractivity (Wildman–Crippen MR) is 67.8 cm³/mol. The predicted octanol–water partition coefficient (Wildman–Crippen LogP) is 1.34. The summed E-state index contributed by atoms with van der Waals surface area (Å²) in [6.45, 7) is 3.93. The van der Waals surface area contributed by atoms with Gasteiger partial charge in [0.2, 0.25) is 0 Å². The molecule has 3 atom stereocenters. The molecule has 1 aliphatic rings. The van der Waals surface area contributed by atoms with E-state index in [4.69, 9.17) is 5.11 Å². The molecule has 16 heavy (non-hydrogen) atoms. The molecule has 0 spiro atoms. The highest BCUT2D eigenvalue weighted by molar-refractivity contribution is 7.99. The number of urea groups is 1. The third kappa shape index (κ3) is 4.61. The molecule has 0 saturated heterocycles. The van der Waals surface area contributed by atoms with Gasteiger partial charge in [-0.15, -0.1) is 0 Å². The second-order valence-corrected chi connectivity index (χ2v) is 5.87. The van der Waals surface area contributed by atoms with Crippen LogP contribution in [0, 0.1) is 0 Å². The van der Waals surface area contributed by atoms with Crippen LogP contribution in [0.4, 0.5) is 4.79 Å². The molecule has 0 radical (unpaired) electrons. The van der Waals surface area contributed by atoms with Crippen LogP contribution in [0.1, 0.15) is 33.1 Å². The van der Waals surface area contributed by atoms with Gasteiger partial charge < -0.3 is 15.7 Å². The first-order valence-electron chi connectivity index (χ1n) is 5.95. The molecule has 3 N–H and O–H groups in total. The summed E-state index contributed by atoms with van der Waals surface area (Å²) in [4.78, 5) is 11.5. The monoisotopic (exact) mass is 246 g/mol. The number of aliphatic hydroxyl groups excluding tert-OH is 1. The number of nitrogens with one attached hydrogen (secondary N) is 2. The van der Waals surface area contributed by atoms with Crippen molar-refractivity contribution in [1.82, 2.24) is 10.6 Å². The van der Waals surface area contributed by atoms with E-state index in [1.54, 1.807) is 6.92 Å². The van der Waals surface area contributed by atoms with Crippen molar-refractivity contribution < 1.29 is 9.90 Å². The average Bonchev–Trinajstić information content (AvgIpc) is 2.65. The Hall–Kier alpha value is -0.420. The third-order valence-electron chi connectivity index (χ3n) is 2.77. The van der Waals surface area contributed by atoms with Gasteiger partial charge in [-0.25, -0.2) is 4.79 Å². The van der Waals surface area contributed by atoms with E-state index < -0.39 is 0 Å². The maximum Gasteiger partial charge on any atom is 0.315 e. The van der Waals surface area contributed by atoms with Gasteiger partial charge in [0.15, 0.2) is 0 Å². The van der Waals surface area contributed by atoms with Gasteiger partial charge >= 0.3 is 6.03 Å². The first-order valence-corrected chi connectivity index (χ1v) is 7.00. The number of hydrogen-bond acceptors (Lipinski definition) is 3. The quantitative estimate of drug-likeness (QED) is 0.686. The molecule has 1 fully saturated rings. The van der Waals surface area contributed by atoms with Crippen molar-refractivity contribution in [3.63, 3.8) is 0 Å². The largest absolute Gasteiger partial charge is 0.394 e. The molecule has 0 heterocycles. The lowest BCUT2D eigenvalue weighted by Crippen LogP contribution is -2.45. The van der Waals surface area contributed by atoms with E-state index in [-0.39, 0.29) is 18.7 Å². The average molecular weight is 246 g/mol. The van der Waals surface area contributed by atoms with E-state index in [0.29, 0.717) is 11.3 Å². The van der Waals surface area contributed by atoms with E-state index in [9.17, 15) is 4.79 Å². The van der Waals surface area contributed by atoms with Gasteiger partial charge in [-0.05, 0) is 31.9 Å². The zero-order valence-electron chi connectivity index (χ0n) is 10.0. The second kappa shape index (κ2) is 7.01. The minimum atomic E-state index is -0.179. The van der Waals surface area contributed by atoms with Crippen LogP contribution in [0.15, 0.2) is 0 Å². The van der Waals surface area contributed by atoms with Crippen molar-refractivity contribution in [2.45, 2.75) is 50.4 Å². The number of amides is 2. The van der Waals surface area contributed by atoms with Crippen LogP contribution in [-0.2, 0) is 0 Å². The molecule has 0 aromatic carbocycles. The van der Waals surface area contributed by atoms with E-state index in [0.717, 1.165) is 18.6 Å². The Kier molecular flexibility index (Phi) is 5.98. The molecule has 3 unspecified atom stereocenters. The van der Waals surface area contributed by atoms with E-state index >= 15 is 0 Å². The molecule has 0 bridgehead atoms. The third-order valence-corrected chi connectivity index (χ3v) is 4.01. The number of carbonyl (C=O) groups is 1. The van der Waals surface area contributed by atoms with E-state index in [1.807, 2.05) is 11.8 Å². The fourth-order valence-corrected chi connectivity index (χ4v) is 3.10. The Morgan fingerprint density at radius 3 is 2.94 bits per heavy atom. The summed E-state index contributed by atoms with van der Waals surface area (Å²) >= 11 is 1.98.